The quantitative estimate of drug-likeness (QED) is 0.300. The van der Waals surface area contributed by atoms with Gasteiger partial charge in [-0.2, -0.15) is 0 Å². The van der Waals surface area contributed by atoms with Crippen LogP contribution in [0, 0.1) is 3.57 Å². The topological polar surface area (TPSA) is 90.1 Å². The van der Waals surface area contributed by atoms with Crippen molar-refractivity contribution in [1.29, 1.82) is 0 Å². The highest BCUT2D eigenvalue weighted by Gasteiger charge is 2.28. The van der Waals surface area contributed by atoms with Crippen LogP contribution in [0.2, 0.25) is 0 Å². The number of aromatic nitrogens is 2. The van der Waals surface area contributed by atoms with Crippen molar-refractivity contribution in [2.75, 3.05) is 5.32 Å². The number of fused-ring (bicyclic) bond motifs is 2. The van der Waals surface area contributed by atoms with E-state index in [0.29, 0.717) is 11.9 Å². The number of aliphatic imine (C=N–C) groups is 1. The molecule has 0 saturated heterocycles. The van der Waals surface area contributed by atoms with E-state index in [4.69, 9.17) is 4.99 Å². The summed E-state index contributed by atoms with van der Waals surface area (Å²) in [5.41, 5.74) is 6.64. The first-order chi connectivity index (χ1) is 16.2. The van der Waals surface area contributed by atoms with Crippen molar-refractivity contribution in [2.45, 2.75) is 38.6 Å². The summed E-state index contributed by atoms with van der Waals surface area (Å²) in [6, 6.07) is 19.3. The Labute approximate surface area is 211 Å². The van der Waals surface area contributed by atoms with Crippen molar-refractivity contribution >= 4 is 50.9 Å². The van der Waals surface area contributed by atoms with E-state index in [1.807, 2.05) is 48.5 Å². The Morgan fingerprint density at radius 3 is 2.50 bits per heavy atom. The Balaban J connectivity index is 1.66. The van der Waals surface area contributed by atoms with Crippen LogP contribution in [0.3, 0.4) is 0 Å². The minimum atomic E-state index is -0.593. The van der Waals surface area contributed by atoms with E-state index in [1.54, 1.807) is 0 Å². The molecular formula is C27H25IN4O2. The lowest BCUT2D eigenvalue weighted by atomic mass is 9.82. The highest BCUT2D eigenvalue weighted by atomic mass is 127. The highest BCUT2D eigenvalue weighted by molar-refractivity contribution is 14.1. The molecule has 0 bridgehead atoms. The van der Waals surface area contributed by atoms with Crippen LogP contribution >= 0.6 is 22.6 Å². The standard InChI is InChI=1S/C27H25IN4O2/c1-27(2,3)19-7-5-4-6-15(19)12-23-25(33)30-20-11-9-17(28)14-18(20)24(29-23)16-8-10-21-22(13-16)32-26(34)31-21/h4-11,13-14,23H,12H2,1-3H3,(H,30,33)(H2,31,32,34). The van der Waals surface area contributed by atoms with E-state index in [0.717, 1.165) is 37.2 Å². The van der Waals surface area contributed by atoms with Crippen LogP contribution in [-0.4, -0.2) is 27.6 Å². The molecule has 1 unspecified atom stereocenters. The van der Waals surface area contributed by atoms with Gasteiger partial charge in [-0.1, -0.05) is 51.1 Å². The first kappa shape index (κ1) is 22.6. The number of hydrogen-bond donors (Lipinski definition) is 3. The van der Waals surface area contributed by atoms with E-state index in [-0.39, 0.29) is 17.0 Å². The predicted octanol–water partition coefficient (Wildman–Crippen LogP) is 5.16. The number of carbonyl (C=O) groups excluding carboxylic acids is 1. The molecule has 6 nitrogen and oxygen atoms in total. The number of carbonyl (C=O) groups is 1. The monoisotopic (exact) mass is 564 g/mol. The molecule has 0 radical (unpaired) electrons. The zero-order valence-electron chi connectivity index (χ0n) is 19.2. The highest BCUT2D eigenvalue weighted by Crippen LogP contribution is 2.30. The normalized spacial score (nSPS) is 16.1. The molecule has 7 heteroatoms. The molecule has 3 N–H and O–H groups in total. The predicted molar refractivity (Wildman–Crippen MR) is 145 cm³/mol. The molecule has 3 aromatic carbocycles. The van der Waals surface area contributed by atoms with Gasteiger partial charge in [-0.3, -0.25) is 9.79 Å². The van der Waals surface area contributed by atoms with E-state index in [1.165, 1.54) is 5.56 Å². The number of nitrogens with one attached hydrogen (secondary N) is 3. The van der Waals surface area contributed by atoms with Crippen molar-refractivity contribution in [2.24, 2.45) is 4.99 Å². The molecule has 1 aliphatic rings. The van der Waals surface area contributed by atoms with Gasteiger partial charge in [0.15, 0.2) is 0 Å². The second-order valence-corrected chi connectivity index (χ2v) is 10.9. The number of hydrogen-bond acceptors (Lipinski definition) is 3. The van der Waals surface area contributed by atoms with Gasteiger partial charge >= 0.3 is 5.69 Å². The average molecular weight is 564 g/mol. The zero-order chi connectivity index (χ0) is 24.0. The molecule has 4 aromatic rings. The fraction of sp³-hybridized carbons (Fsp3) is 0.222. The number of nitrogens with zero attached hydrogens (tertiary/aromatic N) is 1. The van der Waals surface area contributed by atoms with Crippen LogP contribution in [0.4, 0.5) is 5.69 Å². The number of anilines is 1. The van der Waals surface area contributed by atoms with Crippen LogP contribution in [0.1, 0.15) is 43.0 Å². The third-order valence-electron chi connectivity index (χ3n) is 6.11. The number of aromatic amines is 2. The summed E-state index contributed by atoms with van der Waals surface area (Å²) in [5, 5.41) is 3.10. The van der Waals surface area contributed by atoms with E-state index < -0.39 is 6.04 Å². The third kappa shape index (κ3) is 4.32. The maximum Gasteiger partial charge on any atom is 0.323 e. The number of halogens is 1. The molecule has 34 heavy (non-hydrogen) atoms. The van der Waals surface area contributed by atoms with Crippen molar-refractivity contribution in [3.05, 3.63) is 97.0 Å². The van der Waals surface area contributed by atoms with Crippen molar-refractivity contribution in [3.8, 4) is 0 Å². The van der Waals surface area contributed by atoms with Crippen molar-refractivity contribution < 1.29 is 4.79 Å². The van der Waals surface area contributed by atoms with Gasteiger partial charge in [0.2, 0.25) is 5.91 Å². The minimum Gasteiger partial charge on any atom is -0.324 e. The summed E-state index contributed by atoms with van der Waals surface area (Å²) in [6.45, 7) is 6.54. The molecular weight excluding hydrogens is 539 g/mol. The number of imidazole rings is 1. The summed E-state index contributed by atoms with van der Waals surface area (Å²) >= 11 is 2.27. The fourth-order valence-electron chi connectivity index (χ4n) is 4.51. The maximum atomic E-state index is 13.3. The molecule has 172 valence electrons. The van der Waals surface area contributed by atoms with Crippen molar-refractivity contribution in [1.82, 2.24) is 9.97 Å². The molecule has 1 aliphatic heterocycles. The number of benzene rings is 3. The summed E-state index contributed by atoms with van der Waals surface area (Å²) in [4.78, 5) is 35.8. The van der Waals surface area contributed by atoms with Crippen LogP contribution in [0.15, 0.2) is 70.5 Å². The number of benzodiazepines with no additional fused rings is 1. The molecule has 0 saturated carbocycles. The van der Waals surface area contributed by atoms with Gasteiger partial charge in [0.05, 0.1) is 22.4 Å². The molecule has 1 aromatic heterocycles. The Morgan fingerprint density at radius 1 is 0.941 bits per heavy atom. The number of rotatable bonds is 3. The summed E-state index contributed by atoms with van der Waals surface area (Å²) in [6.07, 6.45) is 0.497. The van der Waals surface area contributed by atoms with Gasteiger partial charge in [0, 0.05) is 21.1 Å². The van der Waals surface area contributed by atoms with Gasteiger partial charge < -0.3 is 15.3 Å². The summed E-state index contributed by atoms with van der Waals surface area (Å²) in [7, 11) is 0. The van der Waals surface area contributed by atoms with Gasteiger partial charge in [0.25, 0.3) is 0 Å². The molecule has 0 fully saturated rings. The lowest BCUT2D eigenvalue weighted by Crippen LogP contribution is -2.29. The Bertz CT molecular complexity index is 1510. The van der Waals surface area contributed by atoms with E-state index in [2.05, 4.69) is 70.8 Å². The van der Waals surface area contributed by atoms with E-state index in [9.17, 15) is 9.59 Å². The minimum absolute atomic E-state index is 0.0470. The first-order valence-corrected chi connectivity index (χ1v) is 12.3. The Hall–Kier alpha value is -3.20. The molecule has 1 atom stereocenters. The number of amides is 1. The number of H-pyrrole nitrogens is 2. The molecule has 1 amide bonds. The van der Waals surface area contributed by atoms with Gasteiger partial charge in [-0.05, 0) is 69.5 Å². The zero-order valence-corrected chi connectivity index (χ0v) is 21.4. The lowest BCUT2D eigenvalue weighted by molar-refractivity contribution is -0.117. The van der Waals surface area contributed by atoms with Crippen LogP contribution in [0.5, 0.6) is 0 Å². The Morgan fingerprint density at radius 2 is 1.71 bits per heavy atom. The van der Waals surface area contributed by atoms with Gasteiger partial charge in [-0.25, -0.2) is 4.79 Å². The third-order valence-corrected chi connectivity index (χ3v) is 6.78. The molecule has 5 rings (SSSR count). The molecule has 2 heterocycles. The second kappa shape index (κ2) is 8.54. The van der Waals surface area contributed by atoms with Gasteiger partial charge in [-0.15, -0.1) is 0 Å². The van der Waals surface area contributed by atoms with Crippen molar-refractivity contribution in [3.63, 3.8) is 0 Å². The molecule has 0 aliphatic carbocycles. The maximum absolute atomic E-state index is 13.3. The lowest BCUT2D eigenvalue weighted by Gasteiger charge is -2.24. The Kier molecular flexibility index (Phi) is 5.67. The SMILES string of the molecule is CC(C)(C)c1ccccc1CC1N=C(c2ccc3[nH]c(=O)[nH]c3c2)c2cc(I)ccc2NC1=O. The average Bonchev–Trinajstić information content (AvgIpc) is 3.10. The van der Waals surface area contributed by atoms with Gasteiger partial charge in [0.1, 0.15) is 6.04 Å². The fourth-order valence-corrected chi connectivity index (χ4v) is 5.00. The van der Waals surface area contributed by atoms with Crippen LogP contribution in [0.25, 0.3) is 11.0 Å². The summed E-state index contributed by atoms with van der Waals surface area (Å²) in [5.74, 6) is -0.128. The second-order valence-electron chi connectivity index (χ2n) is 9.62. The largest absolute Gasteiger partial charge is 0.324 e. The summed E-state index contributed by atoms with van der Waals surface area (Å²) < 4.78 is 1.05. The van der Waals surface area contributed by atoms with Crippen LogP contribution in [-0.2, 0) is 16.6 Å². The molecule has 0 spiro atoms. The first-order valence-electron chi connectivity index (χ1n) is 11.2. The smallest absolute Gasteiger partial charge is 0.323 e. The van der Waals surface area contributed by atoms with E-state index >= 15 is 0 Å². The van der Waals surface area contributed by atoms with Crippen LogP contribution < -0.4 is 11.0 Å².